The summed E-state index contributed by atoms with van der Waals surface area (Å²) in [5.41, 5.74) is 4.65. The third-order valence-electron chi connectivity index (χ3n) is 5.29. The summed E-state index contributed by atoms with van der Waals surface area (Å²) in [6.07, 6.45) is 0.363. The van der Waals surface area contributed by atoms with Crippen LogP contribution in [0.25, 0.3) is 0 Å². The number of β-lactam (4-membered cyclic amide) rings is 1. The number of fused-ring (bicyclic) bond motifs is 1. The zero-order valence-electron chi connectivity index (χ0n) is 22.2. The number of nitrogens with one attached hydrogen (secondary N) is 2. The lowest BCUT2D eigenvalue weighted by Crippen LogP contribution is -2.70. The predicted molar refractivity (Wildman–Crippen MR) is 142 cm³/mol. The number of anilines is 1. The summed E-state index contributed by atoms with van der Waals surface area (Å²) in [7, 11) is 1.24. The molecular weight excluding hydrogens is 552 g/mol. The molecule has 0 aromatic carbocycles. The highest BCUT2D eigenvalue weighted by atomic mass is 32.2. The van der Waals surface area contributed by atoms with Gasteiger partial charge in [-0.15, -0.1) is 23.1 Å². The van der Waals surface area contributed by atoms with Crippen molar-refractivity contribution in [3.8, 4) is 0 Å². The number of oxime groups is 1. The molecule has 1 aromatic heterocycles. The lowest BCUT2D eigenvalue weighted by Gasteiger charge is -2.48. The standard InChI is InChI=1S/C23H30N6O8S2/c1-10(24)16(30)27-22-25-12(9-39-22)14(28-35-6)17(31)26-15-18(32)29-13(7-8-38-19(15)29)20(33)36-11(2)37-21(34)23(3,4)5/h7,9-11,15,19H,8,24H2,1-6H3,(H,26,31)(H,25,27,30)/t10-,11?,15?,19+/m0/s1. The van der Waals surface area contributed by atoms with Gasteiger partial charge in [-0.1, -0.05) is 5.16 Å². The van der Waals surface area contributed by atoms with Gasteiger partial charge in [-0.25, -0.2) is 9.78 Å². The maximum atomic E-state index is 13.0. The minimum absolute atomic E-state index is 0.00675. The largest absolute Gasteiger partial charge is 0.425 e. The van der Waals surface area contributed by atoms with Crippen LogP contribution in [-0.4, -0.2) is 81.9 Å². The zero-order chi connectivity index (χ0) is 29.1. The number of hydrogen-bond donors (Lipinski definition) is 3. The van der Waals surface area contributed by atoms with Crippen LogP contribution in [0.3, 0.4) is 0 Å². The van der Waals surface area contributed by atoms with Gasteiger partial charge in [-0.2, -0.15) is 0 Å². The van der Waals surface area contributed by atoms with Gasteiger partial charge < -0.3 is 30.7 Å². The number of carbonyl (C=O) groups is 5. The van der Waals surface area contributed by atoms with Crippen molar-refractivity contribution >= 4 is 63.6 Å². The molecule has 1 aromatic rings. The molecule has 212 valence electrons. The van der Waals surface area contributed by atoms with Gasteiger partial charge in [0.25, 0.3) is 11.8 Å². The number of hydrogen-bond acceptors (Lipinski definition) is 13. The number of thiazole rings is 1. The van der Waals surface area contributed by atoms with Crippen LogP contribution in [0.1, 0.15) is 40.3 Å². The Bertz CT molecular complexity index is 1220. The molecular formula is C23H30N6O8S2. The third-order valence-corrected chi connectivity index (χ3v) is 7.23. The molecule has 2 aliphatic rings. The van der Waals surface area contributed by atoms with Gasteiger partial charge in [0.2, 0.25) is 12.2 Å². The number of ether oxygens (including phenoxy) is 2. The van der Waals surface area contributed by atoms with Gasteiger partial charge in [-0.3, -0.25) is 24.1 Å². The van der Waals surface area contributed by atoms with E-state index in [1.165, 1.54) is 49.1 Å². The average Bonchev–Trinajstić information content (AvgIpc) is 3.31. The highest BCUT2D eigenvalue weighted by Gasteiger charge is 2.53. The van der Waals surface area contributed by atoms with E-state index >= 15 is 0 Å². The first-order chi connectivity index (χ1) is 18.2. The quantitative estimate of drug-likeness (QED) is 0.121. The zero-order valence-corrected chi connectivity index (χ0v) is 23.8. The lowest BCUT2D eigenvalue weighted by atomic mass is 9.97. The molecule has 0 spiro atoms. The fraction of sp³-hybridized carbons (Fsp3) is 0.522. The van der Waals surface area contributed by atoms with E-state index in [4.69, 9.17) is 20.0 Å². The molecule has 0 bridgehead atoms. The van der Waals surface area contributed by atoms with Crippen LogP contribution in [0, 0.1) is 5.41 Å². The Hall–Kier alpha value is -3.50. The van der Waals surface area contributed by atoms with E-state index in [0.29, 0.717) is 5.75 Å². The van der Waals surface area contributed by atoms with Gasteiger partial charge in [0.1, 0.15) is 29.9 Å². The summed E-state index contributed by atoms with van der Waals surface area (Å²) in [6, 6.07) is -1.72. The number of aromatic nitrogens is 1. The fourth-order valence-corrected chi connectivity index (χ4v) is 5.15. The molecule has 2 aliphatic heterocycles. The topological polar surface area (TPSA) is 192 Å². The van der Waals surface area contributed by atoms with Crippen LogP contribution in [0.4, 0.5) is 5.13 Å². The Labute approximate surface area is 232 Å². The molecule has 2 unspecified atom stereocenters. The molecule has 14 nitrogen and oxygen atoms in total. The van der Waals surface area contributed by atoms with Crippen LogP contribution in [0.15, 0.2) is 22.3 Å². The minimum Gasteiger partial charge on any atom is -0.425 e. The van der Waals surface area contributed by atoms with Gasteiger partial charge in [0.15, 0.2) is 10.8 Å². The summed E-state index contributed by atoms with van der Waals surface area (Å²) in [5.74, 6) is -2.75. The lowest BCUT2D eigenvalue weighted by molar-refractivity contribution is -0.189. The number of amides is 3. The molecule has 0 aliphatic carbocycles. The second kappa shape index (κ2) is 12.1. The van der Waals surface area contributed by atoms with Crippen molar-refractivity contribution in [2.45, 2.75) is 58.4 Å². The first kappa shape index (κ1) is 30.0. The van der Waals surface area contributed by atoms with Crippen molar-refractivity contribution in [2.75, 3.05) is 18.2 Å². The van der Waals surface area contributed by atoms with E-state index < -0.39 is 58.8 Å². The number of esters is 2. The molecule has 1 saturated heterocycles. The van der Waals surface area contributed by atoms with Crippen LogP contribution < -0.4 is 16.4 Å². The second-order valence-corrected chi connectivity index (χ2v) is 11.5. The third kappa shape index (κ3) is 6.93. The van der Waals surface area contributed by atoms with E-state index in [-0.39, 0.29) is 22.2 Å². The van der Waals surface area contributed by atoms with E-state index in [9.17, 15) is 24.0 Å². The normalized spacial score (nSPS) is 20.5. The van der Waals surface area contributed by atoms with E-state index in [1.54, 1.807) is 20.8 Å². The number of carbonyl (C=O) groups excluding carboxylic acids is 5. The number of rotatable bonds is 9. The van der Waals surface area contributed by atoms with Crippen LogP contribution in [-0.2, 0) is 38.3 Å². The van der Waals surface area contributed by atoms with Crippen LogP contribution in [0.2, 0.25) is 0 Å². The monoisotopic (exact) mass is 582 g/mol. The summed E-state index contributed by atoms with van der Waals surface area (Å²) >= 11 is 2.38. The van der Waals surface area contributed by atoms with Crippen molar-refractivity contribution in [1.82, 2.24) is 15.2 Å². The van der Waals surface area contributed by atoms with Crippen molar-refractivity contribution in [3.63, 3.8) is 0 Å². The maximum absolute atomic E-state index is 13.0. The second-order valence-electron chi connectivity index (χ2n) is 9.54. The Morgan fingerprint density at radius 2 is 1.92 bits per heavy atom. The van der Waals surface area contributed by atoms with E-state index in [2.05, 4.69) is 20.8 Å². The van der Waals surface area contributed by atoms with Gasteiger partial charge in [0, 0.05) is 18.1 Å². The van der Waals surface area contributed by atoms with Crippen LogP contribution in [0.5, 0.6) is 0 Å². The van der Waals surface area contributed by atoms with Gasteiger partial charge >= 0.3 is 11.9 Å². The summed E-state index contributed by atoms with van der Waals surface area (Å²) < 4.78 is 10.4. The minimum atomic E-state index is -1.17. The Morgan fingerprint density at radius 3 is 2.54 bits per heavy atom. The fourth-order valence-electron chi connectivity index (χ4n) is 3.26. The number of nitrogens with zero attached hydrogens (tertiary/aromatic N) is 3. The Balaban J connectivity index is 1.65. The van der Waals surface area contributed by atoms with E-state index in [0.717, 1.165) is 11.3 Å². The van der Waals surface area contributed by atoms with Crippen molar-refractivity contribution in [2.24, 2.45) is 16.3 Å². The number of nitrogens with two attached hydrogens (primary N) is 1. The first-order valence-electron chi connectivity index (χ1n) is 11.8. The Morgan fingerprint density at radius 1 is 1.23 bits per heavy atom. The number of thioether (sulfide) groups is 1. The molecule has 39 heavy (non-hydrogen) atoms. The summed E-state index contributed by atoms with van der Waals surface area (Å²) in [6.45, 7) is 7.91. The summed E-state index contributed by atoms with van der Waals surface area (Å²) in [4.78, 5) is 72.8. The molecule has 3 heterocycles. The highest BCUT2D eigenvalue weighted by Crippen LogP contribution is 2.38. The molecule has 0 radical (unpaired) electrons. The van der Waals surface area contributed by atoms with Crippen molar-refractivity contribution in [3.05, 3.63) is 22.8 Å². The van der Waals surface area contributed by atoms with Crippen molar-refractivity contribution in [1.29, 1.82) is 0 Å². The van der Waals surface area contributed by atoms with Gasteiger partial charge in [-0.05, 0) is 33.8 Å². The van der Waals surface area contributed by atoms with E-state index in [1.807, 2.05) is 0 Å². The summed E-state index contributed by atoms with van der Waals surface area (Å²) in [5, 5.41) is 9.97. The molecule has 4 N–H and O–H groups in total. The SMILES string of the molecule is CON=C(C(=O)NC1C(=O)N2C(C(=O)OC(C)OC(=O)C(C)(C)C)=CCS[C@H]12)c1csc(NC(=O)[C@H](C)N)n1. The highest BCUT2D eigenvalue weighted by molar-refractivity contribution is 8.00. The smallest absolute Gasteiger partial charge is 0.357 e. The molecule has 3 amide bonds. The van der Waals surface area contributed by atoms with Crippen LogP contribution >= 0.6 is 23.1 Å². The first-order valence-corrected chi connectivity index (χ1v) is 13.7. The molecule has 0 saturated carbocycles. The average molecular weight is 583 g/mol. The molecule has 1 fully saturated rings. The molecule has 4 atom stereocenters. The predicted octanol–water partition coefficient (Wildman–Crippen LogP) is 0.542. The van der Waals surface area contributed by atoms with Gasteiger partial charge in [0.05, 0.1) is 11.5 Å². The molecule has 3 rings (SSSR count). The Kier molecular flexibility index (Phi) is 9.34. The van der Waals surface area contributed by atoms with Crippen molar-refractivity contribution < 1.29 is 38.3 Å². The maximum Gasteiger partial charge on any atom is 0.357 e. The molecule has 16 heteroatoms.